The van der Waals surface area contributed by atoms with E-state index in [0.717, 1.165) is 0 Å². The first-order chi connectivity index (χ1) is 7.75. The predicted molar refractivity (Wildman–Crippen MR) is 60.6 cm³/mol. The molecule has 0 unspecified atom stereocenters. The summed E-state index contributed by atoms with van der Waals surface area (Å²) in [6, 6.07) is 8.45. The van der Waals surface area contributed by atoms with Gasteiger partial charge in [0.05, 0.1) is 10.8 Å². The van der Waals surface area contributed by atoms with Crippen LogP contribution in [0, 0.1) is 0 Å². The van der Waals surface area contributed by atoms with Crippen molar-refractivity contribution >= 4 is 33.7 Å². The standard InChI is InChI=1S/C11H5ClN2O2/c12-9-5-7-10(15)6-3-1-2-4-8(6)16-11(7)14-13-9/h1-5H. The SMILES string of the molecule is O=c1c2ccccc2oc2nnc(Cl)cc12. The molecule has 0 aliphatic heterocycles. The Kier molecular flexibility index (Phi) is 1.91. The first-order valence-corrected chi connectivity index (χ1v) is 4.98. The van der Waals surface area contributed by atoms with E-state index in [2.05, 4.69) is 10.2 Å². The first-order valence-electron chi connectivity index (χ1n) is 4.60. The molecule has 2 aromatic heterocycles. The van der Waals surface area contributed by atoms with Crippen molar-refractivity contribution in [2.45, 2.75) is 0 Å². The Morgan fingerprint density at radius 1 is 1.12 bits per heavy atom. The van der Waals surface area contributed by atoms with Crippen LogP contribution in [0.15, 0.2) is 39.5 Å². The number of para-hydroxylation sites is 1. The van der Waals surface area contributed by atoms with Crippen molar-refractivity contribution < 1.29 is 4.42 Å². The van der Waals surface area contributed by atoms with E-state index < -0.39 is 0 Å². The van der Waals surface area contributed by atoms with E-state index in [-0.39, 0.29) is 16.3 Å². The van der Waals surface area contributed by atoms with E-state index in [9.17, 15) is 4.79 Å². The van der Waals surface area contributed by atoms with E-state index in [1.165, 1.54) is 6.07 Å². The maximum atomic E-state index is 12.1. The fourth-order valence-electron chi connectivity index (χ4n) is 1.59. The minimum atomic E-state index is -0.145. The lowest BCUT2D eigenvalue weighted by molar-refractivity contribution is 0.636. The molecule has 5 heteroatoms. The van der Waals surface area contributed by atoms with Crippen LogP contribution in [0.5, 0.6) is 0 Å². The van der Waals surface area contributed by atoms with Gasteiger partial charge in [-0.3, -0.25) is 4.79 Å². The van der Waals surface area contributed by atoms with Crippen LogP contribution < -0.4 is 5.43 Å². The molecule has 0 amide bonds. The van der Waals surface area contributed by atoms with Gasteiger partial charge in [0.15, 0.2) is 5.15 Å². The highest BCUT2D eigenvalue weighted by Gasteiger charge is 2.08. The molecule has 1 aromatic carbocycles. The van der Waals surface area contributed by atoms with E-state index in [1.807, 2.05) is 0 Å². The lowest BCUT2D eigenvalue weighted by Gasteiger charge is -1.99. The number of hydrogen-bond donors (Lipinski definition) is 0. The molecule has 3 rings (SSSR count). The van der Waals surface area contributed by atoms with Crippen molar-refractivity contribution in [3.8, 4) is 0 Å². The molecule has 0 saturated carbocycles. The second kappa shape index (κ2) is 3.28. The quantitative estimate of drug-likeness (QED) is 0.559. The Morgan fingerprint density at radius 2 is 1.94 bits per heavy atom. The Balaban J connectivity index is 2.61. The summed E-state index contributed by atoms with van der Waals surface area (Å²) >= 11 is 5.69. The Morgan fingerprint density at radius 3 is 2.81 bits per heavy atom. The van der Waals surface area contributed by atoms with Crippen LogP contribution in [-0.2, 0) is 0 Å². The summed E-state index contributed by atoms with van der Waals surface area (Å²) in [5, 5.41) is 8.42. The first kappa shape index (κ1) is 9.30. The lowest BCUT2D eigenvalue weighted by atomic mass is 10.2. The molecule has 3 aromatic rings. The van der Waals surface area contributed by atoms with E-state index >= 15 is 0 Å². The summed E-state index contributed by atoms with van der Waals surface area (Å²) in [6.45, 7) is 0. The number of halogens is 1. The molecule has 16 heavy (non-hydrogen) atoms. The Bertz CT molecular complexity index is 752. The monoisotopic (exact) mass is 232 g/mol. The van der Waals surface area contributed by atoms with Gasteiger partial charge in [-0.05, 0) is 18.2 Å². The summed E-state index contributed by atoms with van der Waals surface area (Å²) in [6.07, 6.45) is 0. The molecule has 2 heterocycles. The van der Waals surface area contributed by atoms with Gasteiger partial charge in [0.25, 0.3) is 0 Å². The average Bonchev–Trinajstić information content (AvgIpc) is 2.31. The molecule has 0 bridgehead atoms. The smallest absolute Gasteiger partial charge is 0.250 e. The molecule has 4 nitrogen and oxygen atoms in total. The van der Waals surface area contributed by atoms with Crippen LogP contribution in [0.1, 0.15) is 0 Å². The van der Waals surface area contributed by atoms with Gasteiger partial charge in [0.1, 0.15) is 5.58 Å². The van der Waals surface area contributed by atoms with Crippen molar-refractivity contribution in [1.29, 1.82) is 0 Å². The van der Waals surface area contributed by atoms with Crippen LogP contribution in [0.25, 0.3) is 22.1 Å². The molecule has 0 aliphatic carbocycles. The third-order valence-corrected chi connectivity index (χ3v) is 2.50. The summed E-state index contributed by atoms with van der Waals surface area (Å²) in [5.41, 5.74) is 0.554. The second-order valence-corrected chi connectivity index (χ2v) is 3.70. The summed E-state index contributed by atoms with van der Waals surface area (Å²) in [7, 11) is 0. The van der Waals surface area contributed by atoms with E-state index in [4.69, 9.17) is 16.0 Å². The van der Waals surface area contributed by atoms with Crippen molar-refractivity contribution in [3.05, 3.63) is 45.7 Å². The molecule has 0 N–H and O–H groups in total. The molecule has 0 aliphatic rings. The van der Waals surface area contributed by atoms with Crippen LogP contribution in [0.2, 0.25) is 5.15 Å². The number of fused-ring (bicyclic) bond motifs is 2. The van der Waals surface area contributed by atoms with Crippen LogP contribution in [0.4, 0.5) is 0 Å². The molecule has 78 valence electrons. The van der Waals surface area contributed by atoms with Crippen molar-refractivity contribution in [1.82, 2.24) is 10.2 Å². The number of rotatable bonds is 0. The van der Waals surface area contributed by atoms with Crippen LogP contribution in [-0.4, -0.2) is 10.2 Å². The molecular formula is C11H5ClN2O2. The van der Waals surface area contributed by atoms with Crippen LogP contribution in [0.3, 0.4) is 0 Å². The van der Waals surface area contributed by atoms with Gasteiger partial charge in [0, 0.05) is 0 Å². The van der Waals surface area contributed by atoms with Gasteiger partial charge in [-0.25, -0.2) is 0 Å². The predicted octanol–water partition coefficient (Wildman–Crippen LogP) is 2.39. The zero-order chi connectivity index (χ0) is 11.1. The van der Waals surface area contributed by atoms with Crippen molar-refractivity contribution in [2.24, 2.45) is 0 Å². The third kappa shape index (κ3) is 1.27. The lowest BCUT2D eigenvalue weighted by Crippen LogP contribution is -2.03. The topological polar surface area (TPSA) is 56.0 Å². The third-order valence-electron chi connectivity index (χ3n) is 2.31. The second-order valence-electron chi connectivity index (χ2n) is 3.31. The van der Waals surface area contributed by atoms with E-state index in [0.29, 0.717) is 16.4 Å². The molecular weight excluding hydrogens is 228 g/mol. The molecule has 0 spiro atoms. The molecule has 0 fully saturated rings. The fraction of sp³-hybridized carbons (Fsp3) is 0. The molecule has 0 radical (unpaired) electrons. The minimum absolute atomic E-state index is 0.145. The summed E-state index contributed by atoms with van der Waals surface area (Å²) in [4.78, 5) is 12.1. The average molecular weight is 233 g/mol. The van der Waals surface area contributed by atoms with Crippen LogP contribution >= 0.6 is 11.6 Å². The number of aromatic nitrogens is 2. The van der Waals surface area contributed by atoms with E-state index in [1.54, 1.807) is 24.3 Å². The van der Waals surface area contributed by atoms with Gasteiger partial charge in [-0.1, -0.05) is 23.7 Å². The van der Waals surface area contributed by atoms with Gasteiger partial charge in [-0.2, -0.15) is 0 Å². The van der Waals surface area contributed by atoms with Gasteiger partial charge >= 0.3 is 0 Å². The zero-order valence-corrected chi connectivity index (χ0v) is 8.73. The van der Waals surface area contributed by atoms with Crippen molar-refractivity contribution in [3.63, 3.8) is 0 Å². The highest BCUT2D eigenvalue weighted by Crippen LogP contribution is 2.17. The molecule has 0 saturated heterocycles. The summed E-state index contributed by atoms with van der Waals surface area (Å²) in [5.74, 6) is 0. The molecule has 0 atom stereocenters. The maximum Gasteiger partial charge on any atom is 0.250 e. The highest BCUT2D eigenvalue weighted by molar-refractivity contribution is 6.29. The maximum absolute atomic E-state index is 12.1. The van der Waals surface area contributed by atoms with Crippen molar-refractivity contribution in [2.75, 3.05) is 0 Å². The number of benzene rings is 1. The number of hydrogen-bond acceptors (Lipinski definition) is 4. The van der Waals surface area contributed by atoms with Gasteiger partial charge in [-0.15, -0.1) is 10.2 Å². The minimum Gasteiger partial charge on any atom is -0.436 e. The Hall–Kier alpha value is -1.94. The number of nitrogens with zero attached hydrogens (tertiary/aromatic N) is 2. The highest BCUT2D eigenvalue weighted by atomic mass is 35.5. The largest absolute Gasteiger partial charge is 0.436 e. The normalized spacial score (nSPS) is 11.1. The Labute approximate surface area is 94.5 Å². The summed E-state index contributed by atoms with van der Waals surface area (Å²) < 4.78 is 5.45. The van der Waals surface area contributed by atoms with Gasteiger partial charge < -0.3 is 4.42 Å². The zero-order valence-electron chi connectivity index (χ0n) is 7.98. The fourth-order valence-corrected chi connectivity index (χ4v) is 1.73. The van der Waals surface area contributed by atoms with Gasteiger partial charge in [0.2, 0.25) is 11.1 Å².